The number of hydrogen-bond acceptors (Lipinski definition) is 10. The van der Waals surface area contributed by atoms with E-state index in [0.717, 1.165) is 16.5 Å². The van der Waals surface area contributed by atoms with Crippen molar-refractivity contribution in [2.24, 2.45) is 23.7 Å². The summed E-state index contributed by atoms with van der Waals surface area (Å²) in [5.74, 6) is -3.16. The lowest BCUT2D eigenvalue weighted by molar-refractivity contribution is -0.249. The van der Waals surface area contributed by atoms with Gasteiger partial charge >= 0.3 is 17.9 Å². The highest BCUT2D eigenvalue weighted by Gasteiger charge is 2.54. The maximum atomic E-state index is 13.5. The van der Waals surface area contributed by atoms with Gasteiger partial charge in [-0.2, -0.15) is 0 Å². The molecule has 0 amide bonds. The Bertz CT molecular complexity index is 1150. The molecule has 12 nitrogen and oxygen atoms in total. The fourth-order valence-electron chi connectivity index (χ4n) is 8.42. The lowest BCUT2D eigenvalue weighted by Gasteiger charge is -2.33. The summed E-state index contributed by atoms with van der Waals surface area (Å²) >= 11 is 0. The number of rotatable bonds is 13. The summed E-state index contributed by atoms with van der Waals surface area (Å²) in [6, 6.07) is 0. The maximum absolute atomic E-state index is 13.5. The number of carbonyl (C=O) groups is 3. The average molecular weight is 668 g/mol. The first-order valence-corrected chi connectivity index (χ1v) is 17.0. The first-order valence-electron chi connectivity index (χ1n) is 17.0. The molecule has 3 aliphatic heterocycles. The standard InChI is InChI=1S/C35H61N3O9/c1-30(2)16-23(33(7,8)36-30)19-45-26(39)14-22(15-27(40)46-20-24-17-31(3,4)37(42)34(24,9)10)28(44-13)29(41)47-21-25-18-32(5,6)38(43)35(25,11)12/h22-25,28,36H,14-21H2,1-13H3. The van der Waals surface area contributed by atoms with Crippen molar-refractivity contribution in [3.63, 3.8) is 0 Å². The Hall–Kier alpha value is -1.83. The van der Waals surface area contributed by atoms with Crippen molar-refractivity contribution in [2.45, 2.75) is 155 Å². The zero-order chi connectivity index (χ0) is 36.0. The van der Waals surface area contributed by atoms with E-state index >= 15 is 0 Å². The van der Waals surface area contributed by atoms with Crippen LogP contribution < -0.4 is 5.32 Å². The van der Waals surface area contributed by atoms with Crippen molar-refractivity contribution in [1.82, 2.24) is 15.4 Å². The van der Waals surface area contributed by atoms with Gasteiger partial charge in [-0.25, -0.2) is 4.79 Å². The van der Waals surface area contributed by atoms with Crippen molar-refractivity contribution in [3.05, 3.63) is 0 Å². The Morgan fingerprint density at radius 2 is 1.06 bits per heavy atom. The van der Waals surface area contributed by atoms with Gasteiger partial charge < -0.3 is 24.3 Å². The summed E-state index contributed by atoms with van der Waals surface area (Å²) < 4.78 is 22.7. The molecule has 0 aromatic carbocycles. The first kappa shape index (κ1) is 39.6. The van der Waals surface area contributed by atoms with E-state index in [2.05, 4.69) is 33.0 Å². The van der Waals surface area contributed by atoms with Crippen LogP contribution >= 0.6 is 0 Å². The minimum Gasteiger partial charge on any atom is -0.465 e. The monoisotopic (exact) mass is 667 g/mol. The Kier molecular flexibility index (Phi) is 11.6. The maximum Gasteiger partial charge on any atom is 0.335 e. The second-order valence-corrected chi connectivity index (χ2v) is 17.8. The van der Waals surface area contributed by atoms with Crippen LogP contribution in [-0.2, 0) is 43.7 Å². The summed E-state index contributed by atoms with van der Waals surface area (Å²) in [7, 11) is 1.33. The molecular weight excluding hydrogens is 606 g/mol. The number of nitrogens with one attached hydrogen (secondary N) is 1. The van der Waals surface area contributed by atoms with E-state index in [1.54, 1.807) is 0 Å². The highest BCUT2D eigenvalue weighted by Crippen LogP contribution is 2.45. The van der Waals surface area contributed by atoms with Gasteiger partial charge in [0.05, 0.1) is 43.7 Å². The Morgan fingerprint density at radius 1 is 0.660 bits per heavy atom. The molecule has 0 saturated carbocycles. The van der Waals surface area contributed by atoms with Gasteiger partial charge in [-0.3, -0.25) is 9.59 Å². The molecule has 3 aliphatic rings. The number of esters is 3. The van der Waals surface area contributed by atoms with Crippen LogP contribution in [0.25, 0.3) is 0 Å². The molecule has 3 rings (SSSR count). The van der Waals surface area contributed by atoms with Crippen molar-refractivity contribution in [3.8, 4) is 0 Å². The third-order valence-electron chi connectivity index (χ3n) is 11.2. The van der Waals surface area contributed by atoms with Gasteiger partial charge in [0.15, 0.2) is 6.10 Å². The molecule has 5 atom stereocenters. The van der Waals surface area contributed by atoms with Crippen LogP contribution in [0.1, 0.15) is 115 Å². The summed E-state index contributed by atoms with van der Waals surface area (Å²) in [6.07, 6.45) is 0.102. The van der Waals surface area contributed by atoms with Gasteiger partial charge in [-0.1, -0.05) is 0 Å². The molecule has 0 aromatic heterocycles. The molecule has 12 heteroatoms. The van der Waals surface area contributed by atoms with Crippen LogP contribution in [0.4, 0.5) is 0 Å². The lowest BCUT2D eigenvalue weighted by atomic mass is 9.87. The molecule has 5 unspecified atom stereocenters. The largest absolute Gasteiger partial charge is 0.465 e. The van der Waals surface area contributed by atoms with Gasteiger partial charge in [0.2, 0.25) is 0 Å². The number of methoxy groups -OCH3 is 1. The normalized spacial score (nSPS) is 30.1. The summed E-state index contributed by atoms with van der Waals surface area (Å²) in [5, 5.41) is 31.4. The van der Waals surface area contributed by atoms with Gasteiger partial charge in [0.1, 0.15) is 0 Å². The zero-order valence-electron chi connectivity index (χ0n) is 31.1. The molecule has 3 heterocycles. The van der Waals surface area contributed by atoms with Crippen molar-refractivity contribution in [1.29, 1.82) is 0 Å². The van der Waals surface area contributed by atoms with Crippen LogP contribution in [0.3, 0.4) is 0 Å². The predicted molar refractivity (Wildman–Crippen MR) is 173 cm³/mol. The van der Waals surface area contributed by atoms with Crippen LogP contribution in [0.2, 0.25) is 0 Å². The molecule has 2 radical (unpaired) electrons. The molecule has 0 aromatic rings. The minimum absolute atomic E-state index is 0.00668. The third kappa shape index (κ3) is 8.86. The van der Waals surface area contributed by atoms with Crippen LogP contribution in [-0.4, -0.2) is 94.3 Å². The molecule has 270 valence electrons. The summed E-state index contributed by atoms with van der Waals surface area (Å²) in [5.41, 5.74) is -3.03. The summed E-state index contributed by atoms with van der Waals surface area (Å²) in [4.78, 5) is 40.0. The molecule has 3 fully saturated rings. The predicted octanol–water partition coefficient (Wildman–Crippen LogP) is 4.64. The number of nitrogens with zero attached hydrogens (tertiary/aromatic N) is 2. The average Bonchev–Trinajstić information content (AvgIpc) is 3.32. The topological polar surface area (TPSA) is 146 Å². The van der Waals surface area contributed by atoms with Gasteiger partial charge in [-0.15, -0.1) is 20.5 Å². The quantitative estimate of drug-likeness (QED) is 0.218. The summed E-state index contributed by atoms with van der Waals surface area (Å²) in [6.45, 7) is 23.4. The van der Waals surface area contributed by atoms with Crippen LogP contribution in [0.5, 0.6) is 0 Å². The van der Waals surface area contributed by atoms with E-state index < -0.39 is 52.1 Å². The number of carbonyl (C=O) groups excluding carboxylic acids is 3. The molecular formula is C35H61N3O9. The zero-order valence-corrected chi connectivity index (χ0v) is 31.1. The highest BCUT2D eigenvalue weighted by molar-refractivity contribution is 5.79. The minimum atomic E-state index is -1.25. The van der Waals surface area contributed by atoms with Crippen molar-refractivity contribution in [2.75, 3.05) is 26.9 Å². The van der Waals surface area contributed by atoms with Gasteiger partial charge in [-0.05, 0) is 102 Å². The second kappa shape index (κ2) is 13.8. The van der Waals surface area contributed by atoms with Gasteiger partial charge in [0.25, 0.3) is 0 Å². The van der Waals surface area contributed by atoms with E-state index in [4.69, 9.17) is 18.9 Å². The molecule has 0 aliphatic carbocycles. The van der Waals surface area contributed by atoms with Crippen LogP contribution in [0, 0.1) is 23.7 Å². The molecule has 47 heavy (non-hydrogen) atoms. The molecule has 0 bridgehead atoms. The SMILES string of the molecule is COC(C(=O)OCC1CC(C)(C)N([O])C1(C)C)C(CC(=O)OCC1CC(C)(C)NC1(C)C)CC(=O)OCC1CC(C)(C)N([O])C1(C)C. The molecule has 1 N–H and O–H groups in total. The Labute approximate surface area is 282 Å². The Morgan fingerprint density at radius 3 is 1.40 bits per heavy atom. The second-order valence-electron chi connectivity index (χ2n) is 17.8. The van der Waals surface area contributed by atoms with E-state index in [9.17, 15) is 24.8 Å². The molecule has 3 saturated heterocycles. The van der Waals surface area contributed by atoms with E-state index in [1.807, 2.05) is 55.4 Å². The fourth-order valence-corrected chi connectivity index (χ4v) is 8.42. The van der Waals surface area contributed by atoms with Crippen molar-refractivity contribution < 1.29 is 43.7 Å². The fraction of sp³-hybridized carbons (Fsp3) is 0.914. The first-order chi connectivity index (χ1) is 21.3. The smallest absolute Gasteiger partial charge is 0.335 e. The number of hydrogen-bond donors (Lipinski definition) is 1. The highest BCUT2D eigenvalue weighted by atomic mass is 16.6. The molecule has 0 spiro atoms. The van der Waals surface area contributed by atoms with Crippen molar-refractivity contribution >= 4 is 17.9 Å². The third-order valence-corrected chi connectivity index (χ3v) is 11.2. The van der Waals surface area contributed by atoms with E-state index in [1.165, 1.54) is 7.11 Å². The number of ether oxygens (including phenoxy) is 4. The van der Waals surface area contributed by atoms with E-state index in [-0.39, 0.29) is 61.5 Å². The Balaban J connectivity index is 1.71. The van der Waals surface area contributed by atoms with Gasteiger partial charge in [0, 0.05) is 52.9 Å². The lowest BCUT2D eigenvalue weighted by Crippen LogP contribution is -2.47. The van der Waals surface area contributed by atoms with Crippen LogP contribution in [0.15, 0.2) is 0 Å². The van der Waals surface area contributed by atoms with E-state index in [0.29, 0.717) is 12.8 Å². The number of hydroxylamine groups is 4.